The van der Waals surface area contributed by atoms with Crippen molar-refractivity contribution in [1.29, 1.82) is 0 Å². The van der Waals surface area contributed by atoms with Crippen LogP contribution in [0.25, 0.3) is 0 Å². The van der Waals surface area contributed by atoms with Crippen LogP contribution in [0.15, 0.2) is 29.2 Å². The van der Waals surface area contributed by atoms with Gasteiger partial charge in [-0.2, -0.15) is 0 Å². The summed E-state index contributed by atoms with van der Waals surface area (Å²) in [5.41, 5.74) is 0.955. The molecule has 2 saturated heterocycles. The molecule has 1 aromatic rings. The first kappa shape index (κ1) is 19.2. The average molecular weight is 373 g/mol. The number of carbonyl (C=O) groups excluding carboxylic acids is 1. The molecule has 5 nitrogen and oxygen atoms in total. The largest absolute Gasteiger partial charge is 0.339 e. The summed E-state index contributed by atoms with van der Waals surface area (Å²) >= 11 is 0. The first-order chi connectivity index (χ1) is 11.0. The normalized spacial score (nSPS) is 20.0. The molecule has 0 aromatic heterocycles. The molecule has 2 heterocycles. The van der Waals surface area contributed by atoms with E-state index in [-0.39, 0.29) is 29.0 Å². The zero-order valence-corrected chi connectivity index (χ0v) is 15.6. The molecule has 0 atom stereocenters. The van der Waals surface area contributed by atoms with Crippen LogP contribution >= 0.6 is 12.4 Å². The van der Waals surface area contributed by atoms with Crippen molar-refractivity contribution in [2.75, 3.05) is 31.9 Å². The van der Waals surface area contributed by atoms with Crippen LogP contribution < -0.4 is 5.32 Å². The summed E-state index contributed by atoms with van der Waals surface area (Å²) in [6.07, 6.45) is 3.31. The summed E-state index contributed by atoms with van der Waals surface area (Å²) in [6, 6.07) is 6.34. The van der Waals surface area contributed by atoms with Crippen molar-refractivity contribution in [3.8, 4) is 0 Å². The molecule has 0 unspecified atom stereocenters. The standard InChI is InChI=1S/C17H24N2O3S.ClH/c1-2-23(21,22)15-5-3-14(4-6-15)16(20)19-11-8-17(9-12-19)7-10-18-13-17;/h3-6,18H,2,7-13H2,1H3;1H. The third kappa shape index (κ3) is 3.76. The maximum absolute atomic E-state index is 12.6. The van der Waals surface area contributed by atoms with Gasteiger partial charge in [-0.25, -0.2) is 8.42 Å². The van der Waals surface area contributed by atoms with E-state index in [1.807, 2.05) is 4.90 Å². The number of nitrogens with one attached hydrogen (secondary N) is 1. The lowest BCUT2D eigenvalue weighted by Crippen LogP contribution is -2.44. The molecule has 1 aromatic carbocycles. The number of nitrogens with zero attached hydrogens (tertiary/aromatic N) is 1. The summed E-state index contributed by atoms with van der Waals surface area (Å²) in [5, 5.41) is 3.42. The van der Waals surface area contributed by atoms with Gasteiger partial charge in [0.25, 0.3) is 5.91 Å². The van der Waals surface area contributed by atoms with E-state index in [4.69, 9.17) is 0 Å². The Kier molecular flexibility index (Phi) is 5.94. The molecule has 0 aliphatic carbocycles. The van der Waals surface area contributed by atoms with Crippen molar-refractivity contribution in [1.82, 2.24) is 10.2 Å². The molecular formula is C17H25ClN2O3S. The lowest BCUT2D eigenvalue weighted by atomic mass is 9.78. The molecule has 2 aliphatic rings. The molecule has 1 amide bonds. The van der Waals surface area contributed by atoms with Gasteiger partial charge in [-0.1, -0.05) is 6.92 Å². The number of benzene rings is 1. The van der Waals surface area contributed by atoms with Gasteiger partial charge in [0.2, 0.25) is 0 Å². The fraction of sp³-hybridized carbons (Fsp3) is 0.588. The molecule has 1 spiro atoms. The fourth-order valence-corrected chi connectivity index (χ4v) is 4.44. The second-order valence-corrected chi connectivity index (χ2v) is 8.93. The van der Waals surface area contributed by atoms with E-state index in [0.717, 1.165) is 39.0 Å². The number of hydrogen-bond acceptors (Lipinski definition) is 4. The van der Waals surface area contributed by atoms with Gasteiger partial charge in [0.05, 0.1) is 10.6 Å². The van der Waals surface area contributed by atoms with E-state index in [0.29, 0.717) is 11.0 Å². The molecule has 7 heteroatoms. The number of likely N-dealkylation sites (tertiary alicyclic amines) is 1. The minimum absolute atomic E-state index is 0. The molecule has 24 heavy (non-hydrogen) atoms. The highest BCUT2D eigenvalue weighted by atomic mass is 35.5. The van der Waals surface area contributed by atoms with Gasteiger partial charge in [0.1, 0.15) is 0 Å². The van der Waals surface area contributed by atoms with E-state index in [2.05, 4.69) is 5.32 Å². The Bertz CT molecular complexity index is 672. The van der Waals surface area contributed by atoms with Crippen LogP contribution in [0.2, 0.25) is 0 Å². The van der Waals surface area contributed by atoms with Crippen LogP contribution in [-0.4, -0.2) is 51.2 Å². The zero-order valence-electron chi connectivity index (χ0n) is 14.0. The topological polar surface area (TPSA) is 66.5 Å². The van der Waals surface area contributed by atoms with Gasteiger partial charge >= 0.3 is 0 Å². The second kappa shape index (κ2) is 7.42. The van der Waals surface area contributed by atoms with Gasteiger partial charge in [0.15, 0.2) is 9.84 Å². The van der Waals surface area contributed by atoms with Crippen molar-refractivity contribution in [2.45, 2.75) is 31.1 Å². The van der Waals surface area contributed by atoms with Crippen molar-refractivity contribution in [2.24, 2.45) is 5.41 Å². The monoisotopic (exact) mass is 372 g/mol. The van der Waals surface area contributed by atoms with Crippen LogP contribution in [0.4, 0.5) is 0 Å². The summed E-state index contributed by atoms with van der Waals surface area (Å²) < 4.78 is 23.7. The average Bonchev–Trinajstić information content (AvgIpc) is 3.03. The smallest absolute Gasteiger partial charge is 0.253 e. The summed E-state index contributed by atoms with van der Waals surface area (Å²) in [7, 11) is -3.21. The summed E-state index contributed by atoms with van der Waals surface area (Å²) in [5.74, 6) is 0.0777. The summed E-state index contributed by atoms with van der Waals surface area (Å²) in [6.45, 7) is 5.35. The SMILES string of the molecule is CCS(=O)(=O)c1ccc(C(=O)N2CCC3(CCNC3)CC2)cc1.Cl. The first-order valence-electron chi connectivity index (χ1n) is 8.29. The maximum Gasteiger partial charge on any atom is 0.253 e. The van der Waals surface area contributed by atoms with Gasteiger partial charge in [-0.05, 0) is 55.5 Å². The Morgan fingerprint density at radius 1 is 1.17 bits per heavy atom. The Hall–Kier alpha value is -1.11. The zero-order chi connectivity index (χ0) is 16.5. The number of sulfone groups is 1. The molecular weight excluding hydrogens is 348 g/mol. The van der Waals surface area contributed by atoms with E-state index in [1.54, 1.807) is 31.2 Å². The molecule has 134 valence electrons. The van der Waals surface area contributed by atoms with Crippen LogP contribution in [0.5, 0.6) is 0 Å². The predicted octanol–water partition coefficient (Wildman–Crippen LogP) is 2.12. The van der Waals surface area contributed by atoms with Crippen LogP contribution in [0, 0.1) is 5.41 Å². The third-order valence-electron chi connectivity index (χ3n) is 5.28. The third-order valence-corrected chi connectivity index (χ3v) is 7.03. The van der Waals surface area contributed by atoms with Crippen molar-refractivity contribution >= 4 is 28.2 Å². The number of piperidine rings is 1. The van der Waals surface area contributed by atoms with Crippen LogP contribution in [0.1, 0.15) is 36.5 Å². The Morgan fingerprint density at radius 2 is 1.79 bits per heavy atom. The predicted molar refractivity (Wildman–Crippen MR) is 96.5 cm³/mol. The Balaban J connectivity index is 0.00000208. The molecule has 0 saturated carbocycles. The molecule has 3 rings (SSSR count). The van der Waals surface area contributed by atoms with Crippen LogP contribution in [-0.2, 0) is 9.84 Å². The van der Waals surface area contributed by atoms with Gasteiger partial charge in [0, 0.05) is 25.2 Å². The van der Waals surface area contributed by atoms with E-state index in [9.17, 15) is 13.2 Å². The Morgan fingerprint density at radius 3 is 2.29 bits per heavy atom. The highest BCUT2D eigenvalue weighted by molar-refractivity contribution is 7.91. The fourth-order valence-electron chi connectivity index (χ4n) is 3.56. The molecule has 2 aliphatic heterocycles. The van der Waals surface area contributed by atoms with E-state index < -0.39 is 9.84 Å². The number of rotatable bonds is 3. The van der Waals surface area contributed by atoms with Crippen molar-refractivity contribution in [3.05, 3.63) is 29.8 Å². The van der Waals surface area contributed by atoms with Crippen molar-refractivity contribution in [3.63, 3.8) is 0 Å². The van der Waals surface area contributed by atoms with Crippen LogP contribution in [0.3, 0.4) is 0 Å². The molecule has 1 N–H and O–H groups in total. The molecule has 0 bridgehead atoms. The summed E-state index contributed by atoms with van der Waals surface area (Å²) in [4.78, 5) is 14.8. The lowest BCUT2D eigenvalue weighted by molar-refractivity contribution is 0.0607. The lowest BCUT2D eigenvalue weighted by Gasteiger charge is -2.38. The number of hydrogen-bond donors (Lipinski definition) is 1. The highest BCUT2D eigenvalue weighted by Crippen LogP contribution is 2.37. The van der Waals surface area contributed by atoms with Crippen molar-refractivity contribution < 1.29 is 13.2 Å². The van der Waals surface area contributed by atoms with Gasteiger partial charge in [-0.15, -0.1) is 12.4 Å². The minimum atomic E-state index is -3.21. The number of amides is 1. The minimum Gasteiger partial charge on any atom is -0.339 e. The van der Waals surface area contributed by atoms with E-state index in [1.165, 1.54) is 6.42 Å². The second-order valence-electron chi connectivity index (χ2n) is 6.65. The van der Waals surface area contributed by atoms with E-state index >= 15 is 0 Å². The molecule has 0 radical (unpaired) electrons. The number of halogens is 1. The first-order valence-corrected chi connectivity index (χ1v) is 9.94. The molecule has 2 fully saturated rings. The Labute approximate surface area is 150 Å². The quantitative estimate of drug-likeness (QED) is 0.882. The maximum atomic E-state index is 12.6. The van der Waals surface area contributed by atoms with Gasteiger partial charge in [-0.3, -0.25) is 4.79 Å². The van der Waals surface area contributed by atoms with Gasteiger partial charge < -0.3 is 10.2 Å². The highest BCUT2D eigenvalue weighted by Gasteiger charge is 2.38. The number of carbonyl (C=O) groups is 1.